The number of nitriles is 1. The van der Waals surface area contributed by atoms with Gasteiger partial charge in [-0.25, -0.2) is 9.18 Å². The van der Waals surface area contributed by atoms with Gasteiger partial charge in [-0.3, -0.25) is 0 Å². The molecule has 0 atom stereocenters. The van der Waals surface area contributed by atoms with E-state index in [1.165, 1.54) is 18.2 Å². The quantitative estimate of drug-likeness (QED) is 0.730. The minimum atomic E-state index is -1.33. The molecule has 0 radical (unpaired) electrons. The summed E-state index contributed by atoms with van der Waals surface area (Å²) >= 11 is 0. The third-order valence-corrected chi connectivity index (χ3v) is 1.78. The number of carboxylic acid groups (broad SMARTS) is 1. The second-order valence-electron chi connectivity index (χ2n) is 2.58. The van der Waals surface area contributed by atoms with Crippen LogP contribution in [0.3, 0.4) is 0 Å². The van der Waals surface area contributed by atoms with E-state index in [9.17, 15) is 9.18 Å². The van der Waals surface area contributed by atoms with E-state index in [1.54, 1.807) is 0 Å². The molecule has 0 aliphatic carbocycles. The second-order valence-corrected chi connectivity index (χ2v) is 2.58. The van der Waals surface area contributed by atoms with Crippen LogP contribution in [0.15, 0.2) is 12.1 Å². The van der Waals surface area contributed by atoms with E-state index in [-0.39, 0.29) is 17.7 Å². The molecule has 1 rings (SSSR count). The summed E-state index contributed by atoms with van der Waals surface area (Å²) in [4.78, 5) is 10.6. The van der Waals surface area contributed by atoms with Crippen molar-refractivity contribution >= 4 is 5.97 Å². The number of nitrogens with two attached hydrogens (primary N) is 1. The van der Waals surface area contributed by atoms with Gasteiger partial charge < -0.3 is 10.8 Å². The van der Waals surface area contributed by atoms with Crippen LogP contribution < -0.4 is 5.73 Å². The Bertz CT molecular complexity index is 424. The van der Waals surface area contributed by atoms with Crippen molar-refractivity contribution in [1.29, 1.82) is 5.26 Å². The summed E-state index contributed by atoms with van der Waals surface area (Å²) in [6.07, 6.45) is 0. The number of carbonyl (C=O) groups is 1. The van der Waals surface area contributed by atoms with Gasteiger partial charge in [0, 0.05) is 12.1 Å². The predicted molar refractivity (Wildman–Crippen MR) is 46.0 cm³/mol. The van der Waals surface area contributed by atoms with Crippen molar-refractivity contribution < 1.29 is 14.3 Å². The largest absolute Gasteiger partial charge is 0.478 e. The summed E-state index contributed by atoms with van der Waals surface area (Å²) < 4.78 is 13.3. The molecule has 0 bridgehead atoms. The van der Waals surface area contributed by atoms with Crippen LogP contribution in [0.2, 0.25) is 0 Å². The molecular formula is C9H7FN2O2. The molecule has 0 aliphatic rings. The van der Waals surface area contributed by atoms with Crippen molar-refractivity contribution in [1.82, 2.24) is 0 Å². The average molecular weight is 194 g/mol. The van der Waals surface area contributed by atoms with E-state index in [4.69, 9.17) is 16.1 Å². The van der Waals surface area contributed by atoms with Gasteiger partial charge in [0.05, 0.1) is 5.56 Å². The molecule has 72 valence electrons. The minimum absolute atomic E-state index is 0.0690. The highest BCUT2D eigenvalue weighted by molar-refractivity contribution is 5.90. The Hall–Kier alpha value is -1.93. The van der Waals surface area contributed by atoms with Crippen molar-refractivity contribution in [3.05, 3.63) is 34.6 Å². The van der Waals surface area contributed by atoms with Crippen LogP contribution in [-0.4, -0.2) is 11.1 Å². The molecule has 5 heteroatoms. The smallest absolute Gasteiger partial charge is 0.337 e. The van der Waals surface area contributed by atoms with Gasteiger partial charge in [0.25, 0.3) is 0 Å². The summed E-state index contributed by atoms with van der Waals surface area (Å²) in [5, 5.41) is 17.2. The lowest BCUT2D eigenvalue weighted by atomic mass is 10.0. The summed E-state index contributed by atoms with van der Waals surface area (Å²) in [5.41, 5.74) is 4.52. The molecule has 0 heterocycles. The van der Waals surface area contributed by atoms with Gasteiger partial charge in [0.15, 0.2) is 0 Å². The molecule has 0 amide bonds. The van der Waals surface area contributed by atoms with Gasteiger partial charge in [-0.1, -0.05) is 6.07 Å². The lowest BCUT2D eigenvalue weighted by Gasteiger charge is -2.03. The van der Waals surface area contributed by atoms with Gasteiger partial charge in [0.1, 0.15) is 17.4 Å². The maximum absolute atomic E-state index is 13.3. The number of aromatic carboxylic acids is 1. The number of hydrogen-bond donors (Lipinski definition) is 2. The first-order chi connectivity index (χ1) is 6.61. The summed E-state index contributed by atoms with van der Waals surface area (Å²) in [5.74, 6) is -2.18. The standard InChI is InChI=1S/C9H7FN2O2/c10-8-5(3-11)1-2-6(9(13)14)7(8)4-12/h1-2H,3,11H2,(H,13,14). The molecule has 1 aromatic carbocycles. The van der Waals surface area contributed by atoms with Gasteiger partial charge in [-0.05, 0) is 6.07 Å². The van der Waals surface area contributed by atoms with Crippen LogP contribution in [-0.2, 0) is 6.54 Å². The van der Waals surface area contributed by atoms with Crippen molar-refractivity contribution in [3.8, 4) is 6.07 Å². The Balaban J connectivity index is 3.45. The van der Waals surface area contributed by atoms with Gasteiger partial charge >= 0.3 is 5.97 Å². The Kier molecular flexibility index (Phi) is 2.79. The zero-order chi connectivity index (χ0) is 10.7. The molecule has 0 aromatic heterocycles. The third-order valence-electron chi connectivity index (χ3n) is 1.78. The molecule has 3 N–H and O–H groups in total. The number of carboxylic acids is 1. The van der Waals surface area contributed by atoms with Crippen LogP contribution in [0.5, 0.6) is 0 Å². The van der Waals surface area contributed by atoms with Crippen LogP contribution in [0.1, 0.15) is 21.5 Å². The molecule has 14 heavy (non-hydrogen) atoms. The van der Waals surface area contributed by atoms with E-state index in [0.29, 0.717) is 0 Å². The number of benzene rings is 1. The Morgan fingerprint density at radius 3 is 2.71 bits per heavy atom. The zero-order valence-electron chi connectivity index (χ0n) is 7.12. The molecule has 0 unspecified atom stereocenters. The van der Waals surface area contributed by atoms with Crippen LogP contribution in [0.25, 0.3) is 0 Å². The van der Waals surface area contributed by atoms with Crippen LogP contribution in [0.4, 0.5) is 4.39 Å². The molecule has 4 nitrogen and oxygen atoms in total. The molecule has 0 saturated heterocycles. The van der Waals surface area contributed by atoms with Crippen LogP contribution >= 0.6 is 0 Å². The Labute approximate surface area is 79.4 Å². The third kappa shape index (κ3) is 1.56. The fourth-order valence-electron chi connectivity index (χ4n) is 1.06. The van der Waals surface area contributed by atoms with E-state index in [2.05, 4.69) is 0 Å². The van der Waals surface area contributed by atoms with E-state index < -0.39 is 17.3 Å². The zero-order valence-corrected chi connectivity index (χ0v) is 7.12. The van der Waals surface area contributed by atoms with E-state index >= 15 is 0 Å². The number of rotatable bonds is 2. The Morgan fingerprint density at radius 1 is 1.64 bits per heavy atom. The summed E-state index contributed by atoms with van der Waals surface area (Å²) in [6.45, 7) is -0.0690. The van der Waals surface area contributed by atoms with Gasteiger partial charge in [0.2, 0.25) is 0 Å². The molecule has 0 fully saturated rings. The highest BCUT2D eigenvalue weighted by atomic mass is 19.1. The highest BCUT2D eigenvalue weighted by Gasteiger charge is 2.16. The maximum Gasteiger partial charge on any atom is 0.337 e. The molecule has 0 aliphatic heterocycles. The number of nitrogens with zero attached hydrogens (tertiary/aromatic N) is 1. The molecule has 0 saturated carbocycles. The first kappa shape index (κ1) is 10.2. The lowest BCUT2D eigenvalue weighted by Crippen LogP contribution is -2.07. The number of hydrogen-bond acceptors (Lipinski definition) is 3. The van der Waals surface area contributed by atoms with E-state index in [1.807, 2.05) is 0 Å². The average Bonchev–Trinajstić information content (AvgIpc) is 2.17. The van der Waals surface area contributed by atoms with Gasteiger partial charge in [-0.15, -0.1) is 0 Å². The Morgan fingerprint density at radius 2 is 2.29 bits per heavy atom. The summed E-state index contributed by atoms with van der Waals surface area (Å²) in [6, 6.07) is 3.94. The summed E-state index contributed by atoms with van der Waals surface area (Å²) in [7, 11) is 0. The topological polar surface area (TPSA) is 87.1 Å². The van der Waals surface area contributed by atoms with E-state index in [0.717, 1.165) is 0 Å². The van der Waals surface area contributed by atoms with Crippen molar-refractivity contribution in [2.75, 3.05) is 0 Å². The first-order valence-corrected chi connectivity index (χ1v) is 3.76. The predicted octanol–water partition coefficient (Wildman–Crippen LogP) is 0.854. The minimum Gasteiger partial charge on any atom is -0.478 e. The molecule has 1 aromatic rings. The monoisotopic (exact) mass is 194 g/mol. The number of halogens is 1. The lowest BCUT2D eigenvalue weighted by molar-refractivity contribution is 0.0696. The normalized spacial score (nSPS) is 9.50. The van der Waals surface area contributed by atoms with Crippen molar-refractivity contribution in [2.24, 2.45) is 5.73 Å². The van der Waals surface area contributed by atoms with Crippen LogP contribution in [0, 0.1) is 17.1 Å². The highest BCUT2D eigenvalue weighted by Crippen LogP contribution is 2.16. The maximum atomic E-state index is 13.3. The molecular weight excluding hydrogens is 187 g/mol. The van der Waals surface area contributed by atoms with Gasteiger partial charge in [-0.2, -0.15) is 5.26 Å². The van der Waals surface area contributed by atoms with Crippen molar-refractivity contribution in [3.63, 3.8) is 0 Å². The SMILES string of the molecule is N#Cc1c(C(=O)O)ccc(CN)c1F. The van der Waals surface area contributed by atoms with Crippen molar-refractivity contribution in [2.45, 2.75) is 6.54 Å². The molecule has 0 spiro atoms. The second kappa shape index (κ2) is 3.85. The fraction of sp³-hybridized carbons (Fsp3) is 0.111. The first-order valence-electron chi connectivity index (χ1n) is 3.76. The fourth-order valence-corrected chi connectivity index (χ4v) is 1.06.